The molecule has 5 nitrogen and oxygen atoms in total. The van der Waals surface area contributed by atoms with Crippen LogP contribution in [0.3, 0.4) is 0 Å². The molecule has 2 bridgehead atoms. The topological polar surface area (TPSA) is 67.8 Å². The van der Waals surface area contributed by atoms with Gasteiger partial charge < -0.3 is 19.9 Å². The molecule has 27 heavy (non-hydrogen) atoms. The van der Waals surface area contributed by atoms with Crippen LogP contribution < -0.4 is 10.1 Å². The monoisotopic (exact) mass is 373 g/mol. The van der Waals surface area contributed by atoms with Crippen LogP contribution in [0.4, 0.5) is 0 Å². The Bertz CT molecular complexity index is 746. The number of phenols is 1. The largest absolute Gasteiger partial charge is 0.504 e. The third-order valence-electron chi connectivity index (χ3n) is 7.46. The molecule has 3 aliphatic rings. The highest BCUT2D eigenvalue weighted by molar-refractivity contribution is 5.73. The lowest BCUT2D eigenvalue weighted by Gasteiger charge is -2.53. The zero-order chi connectivity index (χ0) is 19.4. The molecule has 1 heterocycles. The molecule has 1 amide bonds. The van der Waals surface area contributed by atoms with Crippen LogP contribution in [0.25, 0.3) is 0 Å². The number of carbonyl (C=O) groups excluding carboxylic acids is 1. The predicted molar refractivity (Wildman–Crippen MR) is 103 cm³/mol. The standard InChI is InChI=1S/C22H31NO4/c1-5-26-18-10-14(6-7-17(18)25)19-16-11-15-12-22(16,8-9-27-19)20(21(15,3)4)23-13(2)24/h6-7,10,15-16,19-20,25H,5,8-9,11-12H2,1-4H3,(H,23,24)/t15-,16-,19-,20-,22-/m1/s1. The van der Waals surface area contributed by atoms with E-state index in [1.54, 1.807) is 13.0 Å². The molecule has 1 aromatic rings. The van der Waals surface area contributed by atoms with Gasteiger partial charge in [-0.05, 0) is 66.5 Å². The zero-order valence-corrected chi connectivity index (χ0v) is 16.7. The number of hydrogen-bond acceptors (Lipinski definition) is 4. The number of fused-ring (bicyclic) bond motifs is 1. The van der Waals surface area contributed by atoms with Crippen molar-refractivity contribution in [1.29, 1.82) is 0 Å². The molecular weight excluding hydrogens is 342 g/mol. The summed E-state index contributed by atoms with van der Waals surface area (Å²) in [6, 6.07) is 5.76. The zero-order valence-electron chi connectivity index (χ0n) is 16.7. The molecule has 2 aliphatic carbocycles. The van der Waals surface area contributed by atoms with Gasteiger partial charge in [-0.1, -0.05) is 19.9 Å². The van der Waals surface area contributed by atoms with Gasteiger partial charge in [0.15, 0.2) is 11.5 Å². The molecule has 148 valence electrons. The first-order valence-electron chi connectivity index (χ1n) is 10.1. The summed E-state index contributed by atoms with van der Waals surface area (Å²) < 4.78 is 11.9. The molecule has 1 aliphatic heterocycles. The van der Waals surface area contributed by atoms with Crippen molar-refractivity contribution >= 4 is 5.91 Å². The van der Waals surface area contributed by atoms with E-state index in [0.29, 0.717) is 30.8 Å². The van der Waals surface area contributed by atoms with E-state index >= 15 is 0 Å². The van der Waals surface area contributed by atoms with Gasteiger partial charge in [-0.3, -0.25) is 4.79 Å². The molecule has 2 saturated carbocycles. The Labute approximate surface area is 161 Å². The van der Waals surface area contributed by atoms with Gasteiger partial charge >= 0.3 is 0 Å². The Balaban J connectivity index is 1.69. The lowest BCUT2D eigenvalue weighted by Crippen LogP contribution is -2.58. The second-order valence-electron chi connectivity index (χ2n) is 9.13. The van der Waals surface area contributed by atoms with Crippen LogP contribution in [-0.4, -0.2) is 30.3 Å². The first-order chi connectivity index (χ1) is 12.8. The number of aromatic hydroxyl groups is 1. The lowest BCUT2D eigenvalue weighted by molar-refractivity contribution is -0.136. The van der Waals surface area contributed by atoms with Gasteiger partial charge in [0, 0.05) is 19.6 Å². The summed E-state index contributed by atoms with van der Waals surface area (Å²) >= 11 is 0. The molecule has 0 unspecified atom stereocenters. The second-order valence-corrected chi connectivity index (χ2v) is 9.13. The summed E-state index contributed by atoms with van der Waals surface area (Å²) in [6.07, 6.45) is 3.26. The number of carbonyl (C=O) groups is 1. The minimum atomic E-state index is -0.0177. The SMILES string of the molecule is CCOc1cc([C@H]2OCC[C@@]34C[C@@H](C[C@H]23)C(C)(C)[C@H]4NC(C)=O)ccc1O. The summed E-state index contributed by atoms with van der Waals surface area (Å²) in [5, 5.41) is 13.4. The van der Waals surface area contributed by atoms with E-state index in [9.17, 15) is 9.90 Å². The van der Waals surface area contributed by atoms with E-state index in [1.165, 1.54) is 0 Å². The summed E-state index contributed by atoms with van der Waals surface area (Å²) in [6.45, 7) is 9.36. The first kappa shape index (κ1) is 18.6. The van der Waals surface area contributed by atoms with Gasteiger partial charge in [0.25, 0.3) is 0 Å². The lowest BCUT2D eigenvalue weighted by atomic mass is 9.59. The van der Waals surface area contributed by atoms with Crippen molar-refractivity contribution < 1.29 is 19.4 Å². The number of amides is 1. The Kier molecular flexibility index (Phi) is 4.41. The van der Waals surface area contributed by atoms with Gasteiger partial charge in [-0.25, -0.2) is 0 Å². The number of rotatable bonds is 4. The fourth-order valence-corrected chi connectivity index (χ4v) is 6.30. The third-order valence-corrected chi connectivity index (χ3v) is 7.46. The predicted octanol–water partition coefficient (Wildman–Crippen LogP) is 3.81. The average molecular weight is 373 g/mol. The molecule has 4 rings (SSSR count). The van der Waals surface area contributed by atoms with Crippen molar-refractivity contribution in [3.8, 4) is 11.5 Å². The molecule has 1 saturated heterocycles. The molecule has 2 N–H and O–H groups in total. The second kappa shape index (κ2) is 6.40. The minimum absolute atomic E-state index is 0.0177. The Morgan fingerprint density at radius 3 is 2.89 bits per heavy atom. The fourth-order valence-electron chi connectivity index (χ4n) is 6.30. The van der Waals surface area contributed by atoms with Crippen LogP contribution >= 0.6 is 0 Å². The summed E-state index contributed by atoms with van der Waals surface area (Å²) in [5.74, 6) is 1.70. The summed E-state index contributed by atoms with van der Waals surface area (Å²) in [4.78, 5) is 12.0. The van der Waals surface area contributed by atoms with Crippen LogP contribution in [0, 0.1) is 22.7 Å². The van der Waals surface area contributed by atoms with Crippen LogP contribution in [0.5, 0.6) is 11.5 Å². The van der Waals surface area contributed by atoms with Crippen molar-refractivity contribution in [3.63, 3.8) is 0 Å². The van der Waals surface area contributed by atoms with E-state index in [0.717, 1.165) is 24.8 Å². The minimum Gasteiger partial charge on any atom is -0.504 e. The van der Waals surface area contributed by atoms with Gasteiger partial charge in [-0.15, -0.1) is 0 Å². The van der Waals surface area contributed by atoms with E-state index in [4.69, 9.17) is 9.47 Å². The van der Waals surface area contributed by atoms with E-state index in [1.807, 2.05) is 19.1 Å². The first-order valence-corrected chi connectivity index (χ1v) is 10.1. The molecular formula is C22H31NO4. The highest BCUT2D eigenvalue weighted by atomic mass is 16.5. The summed E-state index contributed by atoms with van der Waals surface area (Å²) in [7, 11) is 0. The van der Waals surface area contributed by atoms with Gasteiger partial charge in [0.1, 0.15) is 0 Å². The molecule has 1 spiro atoms. The van der Waals surface area contributed by atoms with Crippen molar-refractivity contribution in [3.05, 3.63) is 23.8 Å². The van der Waals surface area contributed by atoms with Gasteiger partial charge in [0.05, 0.1) is 12.7 Å². The van der Waals surface area contributed by atoms with Crippen molar-refractivity contribution in [2.45, 2.75) is 59.1 Å². The maximum Gasteiger partial charge on any atom is 0.217 e. The van der Waals surface area contributed by atoms with E-state index in [2.05, 4.69) is 19.2 Å². The third kappa shape index (κ3) is 2.74. The summed E-state index contributed by atoms with van der Waals surface area (Å²) in [5.41, 5.74) is 1.26. The Morgan fingerprint density at radius 1 is 1.41 bits per heavy atom. The molecule has 3 fully saturated rings. The molecule has 5 atom stereocenters. The van der Waals surface area contributed by atoms with Crippen molar-refractivity contribution in [2.75, 3.05) is 13.2 Å². The molecule has 0 aromatic heterocycles. The number of hydrogen-bond donors (Lipinski definition) is 2. The maximum absolute atomic E-state index is 12.0. The van der Waals surface area contributed by atoms with E-state index in [-0.39, 0.29) is 34.6 Å². The number of nitrogens with one attached hydrogen (secondary N) is 1. The molecule has 0 radical (unpaired) electrons. The quantitative estimate of drug-likeness (QED) is 0.842. The normalized spacial score (nSPS) is 36.3. The van der Waals surface area contributed by atoms with Crippen LogP contribution in [0.2, 0.25) is 0 Å². The van der Waals surface area contributed by atoms with Gasteiger partial charge in [-0.2, -0.15) is 0 Å². The van der Waals surface area contributed by atoms with Crippen LogP contribution in [-0.2, 0) is 9.53 Å². The number of benzene rings is 1. The molecule has 1 aromatic carbocycles. The average Bonchev–Trinajstić information content (AvgIpc) is 3.10. The van der Waals surface area contributed by atoms with Crippen LogP contribution in [0.1, 0.15) is 58.6 Å². The van der Waals surface area contributed by atoms with E-state index < -0.39 is 0 Å². The number of ether oxygens (including phenoxy) is 2. The van der Waals surface area contributed by atoms with Crippen molar-refractivity contribution in [1.82, 2.24) is 5.32 Å². The Morgan fingerprint density at radius 2 is 2.19 bits per heavy atom. The van der Waals surface area contributed by atoms with Gasteiger partial charge in [0.2, 0.25) is 5.91 Å². The highest BCUT2D eigenvalue weighted by Gasteiger charge is 2.68. The van der Waals surface area contributed by atoms with Crippen molar-refractivity contribution in [2.24, 2.45) is 22.7 Å². The maximum atomic E-state index is 12.0. The smallest absolute Gasteiger partial charge is 0.217 e. The van der Waals surface area contributed by atoms with Crippen LogP contribution in [0.15, 0.2) is 18.2 Å². The Hall–Kier alpha value is -1.75. The number of phenolic OH excluding ortho intramolecular Hbond substituents is 1. The molecule has 5 heteroatoms. The highest BCUT2D eigenvalue weighted by Crippen LogP contribution is 2.70. The fraction of sp³-hybridized carbons (Fsp3) is 0.682.